The minimum absolute atomic E-state index is 0.223. The molecule has 0 N–H and O–H groups in total. The fourth-order valence-corrected chi connectivity index (χ4v) is 7.23. The number of piperidine rings is 1. The van der Waals surface area contributed by atoms with Crippen molar-refractivity contribution in [2.75, 3.05) is 37.8 Å². The Labute approximate surface area is 197 Å². The number of carbonyl (C=O) groups is 1. The van der Waals surface area contributed by atoms with E-state index >= 15 is 0 Å². The van der Waals surface area contributed by atoms with Crippen LogP contribution in [0.25, 0.3) is 10.4 Å². The van der Waals surface area contributed by atoms with Crippen molar-refractivity contribution in [2.45, 2.75) is 18.8 Å². The number of carbonyl (C=O) groups excluding carboxylic acids is 1. The monoisotopic (exact) mass is 463 g/mol. The lowest BCUT2D eigenvalue weighted by atomic mass is 9.92. The van der Waals surface area contributed by atoms with Gasteiger partial charge in [0.1, 0.15) is 12.7 Å². The summed E-state index contributed by atoms with van der Waals surface area (Å²) in [5.74, 6) is 2.59. The lowest BCUT2D eigenvalue weighted by Crippen LogP contribution is -2.56. The van der Waals surface area contributed by atoms with Crippen LogP contribution in [0, 0.1) is 0 Å². The van der Waals surface area contributed by atoms with Gasteiger partial charge < -0.3 is 4.90 Å². The van der Waals surface area contributed by atoms with E-state index < -0.39 is 0 Å². The average molecular weight is 464 g/mol. The molecule has 5 nitrogen and oxygen atoms in total. The van der Waals surface area contributed by atoms with Crippen LogP contribution in [0.5, 0.6) is 0 Å². The van der Waals surface area contributed by atoms with Crippen LogP contribution in [0.15, 0.2) is 71.5 Å². The number of amides is 1. The van der Waals surface area contributed by atoms with Crippen molar-refractivity contribution in [3.63, 3.8) is 0 Å². The van der Waals surface area contributed by atoms with Crippen LogP contribution < -0.4 is 0 Å². The summed E-state index contributed by atoms with van der Waals surface area (Å²) in [5.41, 5.74) is 6.72. The number of hydrogen-bond acceptors (Lipinski definition) is 5. The SMILES string of the molecule is O=C(C1=CC2=CC=C[N@@+]2(N2CCC(c3ncsc3-c3ccccc3)CC2)C1)N1CCSC1. The molecular weight excluding hydrogens is 436 g/mol. The minimum Gasteiger partial charge on any atom is -0.329 e. The summed E-state index contributed by atoms with van der Waals surface area (Å²) < 4.78 is 0.692. The number of benzene rings is 1. The number of quaternary nitrogens is 1. The number of allylic oxidation sites excluding steroid dienone is 3. The molecule has 164 valence electrons. The quantitative estimate of drug-likeness (QED) is 0.621. The second kappa shape index (κ2) is 8.30. The summed E-state index contributed by atoms with van der Waals surface area (Å²) >= 11 is 3.60. The average Bonchev–Trinajstić information content (AvgIpc) is 3.63. The van der Waals surface area contributed by atoms with Crippen LogP contribution in [0.4, 0.5) is 0 Å². The van der Waals surface area contributed by atoms with E-state index in [1.54, 1.807) is 11.3 Å². The van der Waals surface area contributed by atoms with Gasteiger partial charge in [-0.1, -0.05) is 30.3 Å². The van der Waals surface area contributed by atoms with E-state index in [9.17, 15) is 4.79 Å². The van der Waals surface area contributed by atoms with E-state index in [0.717, 1.165) is 56.2 Å². The number of hydrogen-bond donors (Lipinski definition) is 0. The summed E-state index contributed by atoms with van der Waals surface area (Å²) in [6.45, 7) is 3.64. The third kappa shape index (κ3) is 3.39. The summed E-state index contributed by atoms with van der Waals surface area (Å²) in [6, 6.07) is 10.6. The fraction of sp³-hybridized carbons (Fsp3) is 0.360. The largest absolute Gasteiger partial charge is 0.329 e. The molecule has 2 saturated heterocycles. The van der Waals surface area contributed by atoms with E-state index in [-0.39, 0.29) is 5.91 Å². The van der Waals surface area contributed by atoms with Gasteiger partial charge in [-0.2, -0.15) is 4.59 Å². The standard InChI is InChI=1S/C25H27N4OS2/c30-25(27-12-14-31-18-27)21-15-22-7-4-13-29(22,16-21)28-10-8-19(9-11-28)23-24(32-17-26-23)20-5-2-1-3-6-20/h1-7,13,15,17,19H,8-12,14,16,18H2/q+1/t29-/m1/s1. The maximum atomic E-state index is 13.0. The van der Waals surface area contributed by atoms with E-state index in [4.69, 9.17) is 4.98 Å². The molecule has 1 aromatic heterocycles. The highest BCUT2D eigenvalue weighted by Crippen LogP contribution is 2.42. The smallest absolute Gasteiger partial charge is 0.256 e. The van der Waals surface area contributed by atoms with Gasteiger partial charge in [0.15, 0.2) is 5.70 Å². The van der Waals surface area contributed by atoms with Crippen LogP contribution in [0.1, 0.15) is 24.5 Å². The third-order valence-electron chi connectivity index (χ3n) is 7.09. The Morgan fingerprint density at radius 3 is 2.75 bits per heavy atom. The zero-order valence-electron chi connectivity index (χ0n) is 18.0. The first-order valence-corrected chi connectivity index (χ1v) is 13.4. The first-order chi connectivity index (χ1) is 15.7. The van der Waals surface area contributed by atoms with Gasteiger partial charge in [0.05, 0.1) is 27.5 Å². The van der Waals surface area contributed by atoms with Crippen LogP contribution >= 0.6 is 23.1 Å². The molecule has 2 aromatic rings. The lowest BCUT2D eigenvalue weighted by Gasteiger charge is -2.42. The van der Waals surface area contributed by atoms with Crippen LogP contribution in [-0.2, 0) is 4.79 Å². The van der Waals surface area contributed by atoms with Gasteiger partial charge in [-0.15, -0.1) is 28.1 Å². The summed E-state index contributed by atoms with van der Waals surface area (Å²) in [5, 5.41) is 2.55. The van der Waals surface area contributed by atoms with Crippen LogP contribution in [0.3, 0.4) is 0 Å². The highest BCUT2D eigenvalue weighted by Gasteiger charge is 2.48. The lowest BCUT2D eigenvalue weighted by molar-refractivity contribution is -0.949. The van der Waals surface area contributed by atoms with E-state index in [1.165, 1.54) is 21.8 Å². The minimum atomic E-state index is 0.223. The van der Waals surface area contributed by atoms with Crippen molar-refractivity contribution >= 4 is 29.0 Å². The Balaban J connectivity index is 1.17. The van der Waals surface area contributed by atoms with E-state index in [1.807, 2.05) is 22.2 Å². The first kappa shape index (κ1) is 20.4. The number of thioether (sulfide) groups is 1. The van der Waals surface area contributed by atoms with Gasteiger partial charge in [-0.25, -0.2) is 4.98 Å². The molecule has 0 bridgehead atoms. The molecule has 0 spiro atoms. The molecule has 2 fully saturated rings. The molecule has 6 rings (SSSR count). The maximum absolute atomic E-state index is 13.0. The van der Waals surface area contributed by atoms with E-state index in [0.29, 0.717) is 10.5 Å². The van der Waals surface area contributed by atoms with Gasteiger partial charge >= 0.3 is 0 Å². The van der Waals surface area contributed by atoms with Crippen LogP contribution in [-0.4, -0.2) is 63.2 Å². The molecule has 0 aliphatic carbocycles. The van der Waals surface area contributed by atoms with Gasteiger partial charge in [0, 0.05) is 43.5 Å². The summed E-state index contributed by atoms with van der Waals surface area (Å²) in [7, 11) is 0. The van der Waals surface area contributed by atoms with Crippen molar-refractivity contribution in [1.29, 1.82) is 0 Å². The molecule has 1 aromatic carbocycles. The highest BCUT2D eigenvalue weighted by molar-refractivity contribution is 7.99. The number of fused-ring (bicyclic) bond motifs is 1. The Morgan fingerprint density at radius 1 is 1.12 bits per heavy atom. The zero-order valence-corrected chi connectivity index (χ0v) is 19.7. The van der Waals surface area contributed by atoms with Gasteiger partial charge in [0.25, 0.3) is 5.91 Å². The van der Waals surface area contributed by atoms with Crippen molar-refractivity contribution < 1.29 is 9.39 Å². The third-order valence-corrected chi connectivity index (χ3v) is 8.95. The number of nitrogens with zero attached hydrogens (tertiary/aromatic N) is 4. The Morgan fingerprint density at radius 2 is 1.97 bits per heavy atom. The molecule has 5 heterocycles. The highest BCUT2D eigenvalue weighted by atomic mass is 32.2. The van der Waals surface area contributed by atoms with Crippen molar-refractivity contribution in [3.8, 4) is 10.4 Å². The topological polar surface area (TPSA) is 36.4 Å². The second-order valence-corrected chi connectivity index (χ2v) is 10.8. The number of rotatable bonds is 4. The molecule has 1 atom stereocenters. The van der Waals surface area contributed by atoms with E-state index in [2.05, 4.69) is 59.8 Å². The molecule has 0 saturated carbocycles. The summed E-state index contributed by atoms with van der Waals surface area (Å²) in [4.78, 5) is 21.1. The Bertz CT molecular complexity index is 1110. The number of thiazole rings is 1. The predicted molar refractivity (Wildman–Crippen MR) is 131 cm³/mol. The Hall–Kier alpha value is -2.19. The molecule has 7 heteroatoms. The first-order valence-electron chi connectivity index (χ1n) is 11.3. The Kier molecular flexibility index (Phi) is 5.30. The van der Waals surface area contributed by atoms with Gasteiger partial charge in [-0.3, -0.25) is 4.79 Å². The van der Waals surface area contributed by atoms with Crippen molar-refractivity contribution in [1.82, 2.24) is 14.9 Å². The molecule has 32 heavy (non-hydrogen) atoms. The molecular formula is C25H27N4OS2+. The van der Waals surface area contributed by atoms with Gasteiger partial charge in [0.2, 0.25) is 0 Å². The fourth-order valence-electron chi connectivity index (χ4n) is 5.40. The molecule has 4 aliphatic heterocycles. The van der Waals surface area contributed by atoms with Crippen LogP contribution in [0.2, 0.25) is 0 Å². The second-order valence-electron chi connectivity index (χ2n) is 8.85. The predicted octanol–water partition coefficient (Wildman–Crippen LogP) is 4.61. The maximum Gasteiger partial charge on any atom is 0.256 e. The zero-order chi connectivity index (χ0) is 21.5. The van der Waals surface area contributed by atoms with Gasteiger partial charge in [-0.05, 0) is 24.5 Å². The summed E-state index contributed by atoms with van der Waals surface area (Å²) in [6.07, 6.45) is 10.9. The molecule has 1 amide bonds. The number of aromatic nitrogens is 1. The van der Waals surface area contributed by atoms with Crippen molar-refractivity contribution in [2.24, 2.45) is 0 Å². The molecule has 4 aliphatic rings. The normalized spacial score (nSPS) is 25.8. The molecule has 0 radical (unpaired) electrons. The van der Waals surface area contributed by atoms with Crippen molar-refractivity contribution in [3.05, 3.63) is 77.2 Å². The molecule has 0 unspecified atom stereocenters.